The van der Waals surface area contributed by atoms with E-state index in [2.05, 4.69) is 18.8 Å². The fraction of sp³-hybridized carbons (Fsp3) is 0.429. The molecular formula is C14H20N4O. The van der Waals surface area contributed by atoms with Gasteiger partial charge in [-0.2, -0.15) is 0 Å². The molecule has 0 spiro atoms. The highest BCUT2D eigenvalue weighted by atomic mass is 16.2. The summed E-state index contributed by atoms with van der Waals surface area (Å²) in [5.41, 5.74) is 7.11. The van der Waals surface area contributed by atoms with E-state index in [0.29, 0.717) is 18.7 Å². The van der Waals surface area contributed by atoms with Gasteiger partial charge in [-0.15, -0.1) is 0 Å². The van der Waals surface area contributed by atoms with Gasteiger partial charge in [-0.3, -0.25) is 4.79 Å². The fourth-order valence-corrected chi connectivity index (χ4v) is 2.05. The molecule has 5 nitrogen and oxygen atoms in total. The molecule has 2 heterocycles. The molecule has 0 unspecified atom stereocenters. The summed E-state index contributed by atoms with van der Waals surface area (Å²) in [6, 6.07) is 3.64. The summed E-state index contributed by atoms with van der Waals surface area (Å²) in [6.45, 7) is 5.28. The largest absolute Gasteiger partial charge is 0.341 e. The summed E-state index contributed by atoms with van der Waals surface area (Å²) in [7, 11) is 1.80. The smallest absolute Gasteiger partial charge is 0.255 e. The summed E-state index contributed by atoms with van der Waals surface area (Å²) in [5, 5.41) is 0. The third kappa shape index (κ3) is 2.93. The monoisotopic (exact) mass is 260 g/mol. The Morgan fingerprint density at radius 2 is 2.21 bits per heavy atom. The molecule has 0 aromatic carbocycles. The molecule has 0 atom stereocenters. The SMILES string of the molecule is CN(CC(C)(C)CN)C(=O)c1ccc2nccn2c1. The summed E-state index contributed by atoms with van der Waals surface area (Å²) < 4.78 is 1.84. The average molecular weight is 260 g/mol. The Bertz CT molecular complexity index is 588. The lowest BCUT2D eigenvalue weighted by Crippen LogP contribution is -2.39. The second-order valence-corrected chi connectivity index (χ2v) is 5.64. The molecule has 102 valence electrons. The fourth-order valence-electron chi connectivity index (χ4n) is 2.05. The highest BCUT2D eigenvalue weighted by Gasteiger charge is 2.22. The van der Waals surface area contributed by atoms with Gasteiger partial charge in [0.25, 0.3) is 5.91 Å². The van der Waals surface area contributed by atoms with E-state index in [1.807, 2.05) is 16.7 Å². The lowest BCUT2D eigenvalue weighted by molar-refractivity contribution is 0.0740. The quantitative estimate of drug-likeness (QED) is 0.903. The number of nitrogens with zero attached hydrogens (tertiary/aromatic N) is 3. The Labute approximate surface area is 113 Å². The standard InChI is InChI=1S/C14H20N4O/c1-14(2,9-15)10-17(3)13(19)11-4-5-12-16-6-7-18(12)8-11/h4-8H,9-10,15H2,1-3H3. The zero-order valence-electron chi connectivity index (χ0n) is 11.6. The Balaban J connectivity index is 2.18. The Morgan fingerprint density at radius 3 is 2.89 bits per heavy atom. The summed E-state index contributed by atoms with van der Waals surface area (Å²) >= 11 is 0. The molecule has 0 aliphatic carbocycles. The first-order chi connectivity index (χ1) is 8.93. The molecular weight excluding hydrogens is 240 g/mol. The first kappa shape index (κ1) is 13.5. The van der Waals surface area contributed by atoms with E-state index >= 15 is 0 Å². The van der Waals surface area contributed by atoms with Crippen molar-refractivity contribution >= 4 is 11.6 Å². The predicted octanol–water partition coefficient (Wildman–Crippen LogP) is 1.39. The molecule has 2 N–H and O–H groups in total. The normalized spacial score (nSPS) is 11.8. The van der Waals surface area contributed by atoms with Crippen LogP contribution in [-0.4, -0.2) is 40.3 Å². The van der Waals surface area contributed by atoms with Gasteiger partial charge in [-0.1, -0.05) is 13.8 Å². The van der Waals surface area contributed by atoms with Gasteiger partial charge >= 0.3 is 0 Å². The number of pyridine rings is 1. The number of imidazole rings is 1. The van der Waals surface area contributed by atoms with Gasteiger partial charge in [0, 0.05) is 32.2 Å². The maximum atomic E-state index is 12.4. The van der Waals surface area contributed by atoms with Crippen molar-refractivity contribution in [2.45, 2.75) is 13.8 Å². The first-order valence-corrected chi connectivity index (χ1v) is 6.31. The average Bonchev–Trinajstić information content (AvgIpc) is 2.84. The number of hydrogen-bond donors (Lipinski definition) is 1. The lowest BCUT2D eigenvalue weighted by atomic mass is 9.93. The van der Waals surface area contributed by atoms with Crippen LogP contribution >= 0.6 is 0 Å². The number of aromatic nitrogens is 2. The van der Waals surface area contributed by atoms with Crippen molar-refractivity contribution in [3.05, 3.63) is 36.3 Å². The van der Waals surface area contributed by atoms with E-state index in [0.717, 1.165) is 5.65 Å². The zero-order valence-corrected chi connectivity index (χ0v) is 11.6. The second-order valence-electron chi connectivity index (χ2n) is 5.64. The van der Waals surface area contributed by atoms with Crippen molar-refractivity contribution in [3.8, 4) is 0 Å². The van der Waals surface area contributed by atoms with Crippen LogP contribution in [0.2, 0.25) is 0 Å². The highest BCUT2D eigenvalue weighted by molar-refractivity contribution is 5.94. The summed E-state index contributed by atoms with van der Waals surface area (Å²) in [4.78, 5) is 18.2. The van der Waals surface area contributed by atoms with Crippen LogP contribution in [-0.2, 0) is 0 Å². The predicted molar refractivity (Wildman–Crippen MR) is 75.0 cm³/mol. The number of carbonyl (C=O) groups is 1. The molecule has 0 aliphatic rings. The van der Waals surface area contributed by atoms with Crippen molar-refractivity contribution in [1.29, 1.82) is 0 Å². The number of nitrogens with two attached hydrogens (primary N) is 1. The molecule has 0 fully saturated rings. The Morgan fingerprint density at radius 1 is 1.47 bits per heavy atom. The van der Waals surface area contributed by atoms with Gasteiger partial charge in [-0.05, 0) is 24.1 Å². The van der Waals surface area contributed by atoms with Gasteiger partial charge in [0.15, 0.2) is 0 Å². The molecule has 0 saturated heterocycles. The van der Waals surface area contributed by atoms with Crippen LogP contribution < -0.4 is 5.73 Å². The highest BCUT2D eigenvalue weighted by Crippen LogP contribution is 2.16. The minimum Gasteiger partial charge on any atom is -0.341 e. The number of hydrogen-bond acceptors (Lipinski definition) is 3. The molecule has 0 aliphatic heterocycles. The van der Waals surface area contributed by atoms with E-state index in [1.54, 1.807) is 30.4 Å². The van der Waals surface area contributed by atoms with Crippen LogP contribution in [0.3, 0.4) is 0 Å². The molecule has 0 radical (unpaired) electrons. The van der Waals surface area contributed by atoms with E-state index in [9.17, 15) is 4.79 Å². The molecule has 0 saturated carbocycles. The lowest BCUT2D eigenvalue weighted by Gasteiger charge is -2.29. The van der Waals surface area contributed by atoms with Crippen LogP contribution in [0.1, 0.15) is 24.2 Å². The molecule has 2 aromatic rings. The van der Waals surface area contributed by atoms with Crippen LogP contribution in [0.15, 0.2) is 30.7 Å². The van der Waals surface area contributed by atoms with Crippen LogP contribution in [0, 0.1) is 5.41 Å². The third-order valence-corrected chi connectivity index (χ3v) is 3.20. The Kier molecular flexibility index (Phi) is 3.57. The minimum atomic E-state index is -0.0798. The first-order valence-electron chi connectivity index (χ1n) is 6.31. The molecule has 19 heavy (non-hydrogen) atoms. The van der Waals surface area contributed by atoms with Gasteiger partial charge in [0.05, 0.1) is 5.56 Å². The topological polar surface area (TPSA) is 63.6 Å². The van der Waals surface area contributed by atoms with Gasteiger partial charge in [0.2, 0.25) is 0 Å². The zero-order chi connectivity index (χ0) is 14.0. The van der Waals surface area contributed by atoms with Crippen molar-refractivity contribution < 1.29 is 4.79 Å². The number of carbonyl (C=O) groups excluding carboxylic acids is 1. The van der Waals surface area contributed by atoms with Crippen molar-refractivity contribution in [3.63, 3.8) is 0 Å². The van der Waals surface area contributed by atoms with Crippen molar-refractivity contribution in [1.82, 2.24) is 14.3 Å². The van der Waals surface area contributed by atoms with E-state index in [4.69, 9.17) is 5.73 Å². The molecule has 0 bridgehead atoms. The maximum absolute atomic E-state index is 12.4. The van der Waals surface area contributed by atoms with Gasteiger partial charge < -0.3 is 15.0 Å². The molecule has 2 aromatic heterocycles. The summed E-state index contributed by atoms with van der Waals surface area (Å²) in [5.74, 6) is -0.00266. The maximum Gasteiger partial charge on any atom is 0.255 e. The second kappa shape index (κ2) is 5.01. The van der Waals surface area contributed by atoms with Gasteiger partial charge in [0.1, 0.15) is 5.65 Å². The van der Waals surface area contributed by atoms with Crippen molar-refractivity contribution in [2.24, 2.45) is 11.1 Å². The minimum absolute atomic E-state index is 0.00266. The van der Waals surface area contributed by atoms with E-state index in [-0.39, 0.29) is 11.3 Å². The van der Waals surface area contributed by atoms with Crippen LogP contribution in [0.5, 0.6) is 0 Å². The van der Waals surface area contributed by atoms with E-state index in [1.165, 1.54) is 0 Å². The van der Waals surface area contributed by atoms with Crippen LogP contribution in [0.25, 0.3) is 5.65 Å². The summed E-state index contributed by atoms with van der Waals surface area (Å²) in [6.07, 6.45) is 5.34. The Hall–Kier alpha value is -1.88. The molecule has 2 rings (SSSR count). The van der Waals surface area contributed by atoms with Crippen LogP contribution in [0.4, 0.5) is 0 Å². The number of amides is 1. The molecule has 5 heteroatoms. The number of rotatable bonds is 4. The van der Waals surface area contributed by atoms with Crippen molar-refractivity contribution in [2.75, 3.05) is 20.1 Å². The van der Waals surface area contributed by atoms with Gasteiger partial charge in [-0.25, -0.2) is 4.98 Å². The molecule has 1 amide bonds. The van der Waals surface area contributed by atoms with E-state index < -0.39 is 0 Å². The third-order valence-electron chi connectivity index (χ3n) is 3.20. The number of fused-ring (bicyclic) bond motifs is 1.